The standard InChI is InChI=1S/C4H5F3O2/c5-4(6,7)3(8)1-2-9-3/h8H,1-2H2. The second-order valence-corrected chi connectivity index (χ2v) is 1.88. The van der Waals surface area contributed by atoms with Gasteiger partial charge in [0.15, 0.2) is 0 Å². The molecule has 0 spiro atoms. The zero-order valence-electron chi connectivity index (χ0n) is 4.40. The number of ether oxygens (including phenoxy) is 1. The Balaban J connectivity index is 2.59. The van der Waals surface area contributed by atoms with Crippen LogP contribution in [0.25, 0.3) is 0 Å². The summed E-state index contributed by atoms with van der Waals surface area (Å²) in [7, 11) is 0. The lowest BCUT2D eigenvalue weighted by molar-refractivity contribution is -0.412. The van der Waals surface area contributed by atoms with E-state index in [9.17, 15) is 13.2 Å². The van der Waals surface area contributed by atoms with E-state index in [1.165, 1.54) is 0 Å². The van der Waals surface area contributed by atoms with Gasteiger partial charge in [0, 0.05) is 6.42 Å². The number of hydrogen-bond donors (Lipinski definition) is 1. The summed E-state index contributed by atoms with van der Waals surface area (Å²) in [6.07, 6.45) is -4.98. The van der Waals surface area contributed by atoms with Crippen LogP contribution in [-0.4, -0.2) is 23.7 Å². The number of rotatable bonds is 0. The molecule has 1 aliphatic rings. The highest BCUT2D eigenvalue weighted by Crippen LogP contribution is 2.39. The van der Waals surface area contributed by atoms with E-state index in [-0.39, 0.29) is 13.0 Å². The Bertz CT molecular complexity index is 115. The van der Waals surface area contributed by atoms with Gasteiger partial charge in [-0.25, -0.2) is 0 Å². The van der Waals surface area contributed by atoms with Crippen molar-refractivity contribution in [3.05, 3.63) is 0 Å². The van der Waals surface area contributed by atoms with Crippen LogP contribution in [0.4, 0.5) is 13.2 Å². The molecule has 1 rings (SSSR count). The Kier molecular flexibility index (Phi) is 1.22. The van der Waals surface area contributed by atoms with Crippen LogP contribution < -0.4 is 0 Å². The van der Waals surface area contributed by atoms with Crippen LogP contribution in [0.1, 0.15) is 6.42 Å². The number of aliphatic hydroxyl groups is 1. The molecular formula is C4H5F3O2. The van der Waals surface area contributed by atoms with E-state index in [0.29, 0.717) is 0 Å². The van der Waals surface area contributed by atoms with E-state index < -0.39 is 12.0 Å². The highest BCUT2D eigenvalue weighted by atomic mass is 19.4. The number of hydrogen-bond acceptors (Lipinski definition) is 2. The fourth-order valence-electron chi connectivity index (χ4n) is 0.519. The molecule has 54 valence electrons. The van der Waals surface area contributed by atoms with Crippen LogP contribution in [0, 0.1) is 0 Å². The third kappa shape index (κ3) is 0.900. The van der Waals surface area contributed by atoms with E-state index in [2.05, 4.69) is 4.74 Å². The maximum Gasteiger partial charge on any atom is 0.443 e. The molecule has 0 aromatic carbocycles. The molecule has 1 unspecified atom stereocenters. The Labute approximate surface area is 49.2 Å². The molecule has 1 atom stereocenters. The summed E-state index contributed by atoms with van der Waals surface area (Å²) in [6.45, 7) is -0.0178. The van der Waals surface area contributed by atoms with Crippen molar-refractivity contribution in [1.82, 2.24) is 0 Å². The molecule has 0 amide bonds. The summed E-state index contributed by atoms with van der Waals surface area (Å²) in [5, 5.41) is 8.40. The first-order chi connectivity index (χ1) is 3.96. The maximum absolute atomic E-state index is 11.5. The zero-order chi connectivity index (χ0) is 7.12. The van der Waals surface area contributed by atoms with Crippen LogP contribution in [0.3, 0.4) is 0 Å². The normalized spacial score (nSPS) is 36.0. The fraction of sp³-hybridized carbons (Fsp3) is 1.00. The van der Waals surface area contributed by atoms with Gasteiger partial charge in [-0.05, 0) is 0 Å². The summed E-state index contributed by atoms with van der Waals surface area (Å²) in [6, 6.07) is 0. The SMILES string of the molecule is OC1(C(F)(F)F)CCO1. The van der Waals surface area contributed by atoms with Crippen LogP contribution in [0.5, 0.6) is 0 Å². The average Bonchev–Trinajstić information content (AvgIpc) is 1.57. The van der Waals surface area contributed by atoms with Crippen molar-refractivity contribution in [2.45, 2.75) is 18.4 Å². The Morgan fingerprint density at radius 2 is 1.89 bits per heavy atom. The number of halogens is 3. The first-order valence-corrected chi connectivity index (χ1v) is 2.39. The van der Waals surface area contributed by atoms with Gasteiger partial charge in [-0.3, -0.25) is 0 Å². The third-order valence-electron chi connectivity index (χ3n) is 1.22. The van der Waals surface area contributed by atoms with E-state index in [1.54, 1.807) is 0 Å². The molecular weight excluding hydrogens is 137 g/mol. The molecule has 1 heterocycles. The predicted octanol–water partition coefficient (Wildman–Crippen LogP) is 0.658. The molecule has 1 N–H and O–H groups in total. The van der Waals surface area contributed by atoms with Gasteiger partial charge in [0.1, 0.15) is 0 Å². The molecule has 0 aliphatic carbocycles. The van der Waals surface area contributed by atoms with Gasteiger partial charge < -0.3 is 9.84 Å². The molecule has 9 heavy (non-hydrogen) atoms. The van der Waals surface area contributed by atoms with E-state index >= 15 is 0 Å². The van der Waals surface area contributed by atoms with Gasteiger partial charge in [0.25, 0.3) is 5.79 Å². The molecule has 1 aliphatic heterocycles. The lowest BCUT2D eigenvalue weighted by atomic mass is 10.1. The summed E-state index contributed by atoms with van der Waals surface area (Å²) in [5.41, 5.74) is 0. The molecule has 0 aromatic heterocycles. The monoisotopic (exact) mass is 142 g/mol. The molecule has 2 nitrogen and oxygen atoms in total. The van der Waals surface area contributed by atoms with Crippen molar-refractivity contribution >= 4 is 0 Å². The van der Waals surface area contributed by atoms with Crippen LogP contribution in [0.2, 0.25) is 0 Å². The van der Waals surface area contributed by atoms with Crippen molar-refractivity contribution < 1.29 is 23.0 Å². The second kappa shape index (κ2) is 1.60. The predicted molar refractivity (Wildman–Crippen MR) is 21.6 cm³/mol. The molecule has 0 saturated carbocycles. The van der Waals surface area contributed by atoms with Crippen LogP contribution in [-0.2, 0) is 4.74 Å². The second-order valence-electron chi connectivity index (χ2n) is 1.88. The van der Waals surface area contributed by atoms with E-state index in [1.807, 2.05) is 0 Å². The van der Waals surface area contributed by atoms with E-state index in [4.69, 9.17) is 5.11 Å². The van der Waals surface area contributed by atoms with Gasteiger partial charge in [-0.2, -0.15) is 13.2 Å². The third-order valence-corrected chi connectivity index (χ3v) is 1.22. The molecule has 0 radical (unpaired) electrons. The molecule has 1 fully saturated rings. The van der Waals surface area contributed by atoms with Crippen molar-refractivity contribution in [2.75, 3.05) is 6.61 Å². The minimum absolute atomic E-state index is 0.0178. The first-order valence-electron chi connectivity index (χ1n) is 2.39. The number of alkyl halides is 3. The fourth-order valence-corrected chi connectivity index (χ4v) is 0.519. The summed E-state index contributed by atoms with van der Waals surface area (Å²) in [4.78, 5) is 0. The van der Waals surface area contributed by atoms with Gasteiger partial charge in [-0.1, -0.05) is 0 Å². The van der Waals surface area contributed by atoms with Gasteiger partial charge in [0.2, 0.25) is 0 Å². The molecule has 0 bridgehead atoms. The topological polar surface area (TPSA) is 29.5 Å². The molecule has 5 heteroatoms. The van der Waals surface area contributed by atoms with Crippen molar-refractivity contribution in [2.24, 2.45) is 0 Å². The van der Waals surface area contributed by atoms with Crippen molar-refractivity contribution in [1.29, 1.82) is 0 Å². The van der Waals surface area contributed by atoms with E-state index in [0.717, 1.165) is 0 Å². The minimum Gasteiger partial charge on any atom is -0.358 e. The molecule has 0 aromatic rings. The summed E-state index contributed by atoms with van der Waals surface area (Å²) in [5.74, 6) is -2.84. The summed E-state index contributed by atoms with van der Waals surface area (Å²) < 4.78 is 38.4. The lowest BCUT2D eigenvalue weighted by Crippen LogP contribution is -2.55. The quantitative estimate of drug-likeness (QED) is 0.538. The molecule has 1 saturated heterocycles. The highest BCUT2D eigenvalue weighted by molar-refractivity contribution is 4.82. The zero-order valence-corrected chi connectivity index (χ0v) is 4.40. The maximum atomic E-state index is 11.5. The van der Waals surface area contributed by atoms with Gasteiger partial charge in [0.05, 0.1) is 6.61 Å². The van der Waals surface area contributed by atoms with Crippen LogP contribution >= 0.6 is 0 Å². The highest BCUT2D eigenvalue weighted by Gasteiger charge is 2.59. The first kappa shape index (κ1) is 6.82. The Morgan fingerprint density at radius 3 is 1.89 bits per heavy atom. The van der Waals surface area contributed by atoms with Crippen molar-refractivity contribution in [3.8, 4) is 0 Å². The smallest absolute Gasteiger partial charge is 0.358 e. The van der Waals surface area contributed by atoms with Gasteiger partial charge in [-0.15, -0.1) is 0 Å². The Morgan fingerprint density at radius 1 is 1.44 bits per heavy atom. The minimum atomic E-state index is -4.63. The largest absolute Gasteiger partial charge is 0.443 e. The average molecular weight is 142 g/mol. The lowest BCUT2D eigenvalue weighted by Gasteiger charge is -2.37. The van der Waals surface area contributed by atoms with Crippen LogP contribution in [0.15, 0.2) is 0 Å². The van der Waals surface area contributed by atoms with Gasteiger partial charge >= 0.3 is 6.18 Å². The Hall–Kier alpha value is -0.290. The summed E-state index contributed by atoms with van der Waals surface area (Å²) >= 11 is 0. The van der Waals surface area contributed by atoms with Crippen molar-refractivity contribution in [3.63, 3.8) is 0 Å².